The highest BCUT2D eigenvalue weighted by atomic mass is 79.9. The molecule has 0 fully saturated rings. The van der Waals surface area contributed by atoms with Crippen LogP contribution in [0.25, 0.3) is 0 Å². The van der Waals surface area contributed by atoms with Crippen LogP contribution in [-0.2, 0) is 4.79 Å². The minimum Gasteiger partial charge on any atom is -0.374 e. The van der Waals surface area contributed by atoms with Crippen molar-refractivity contribution in [2.75, 3.05) is 11.9 Å². The number of amidine groups is 1. The van der Waals surface area contributed by atoms with Crippen molar-refractivity contribution in [3.8, 4) is 0 Å². The second-order valence-electron chi connectivity index (χ2n) is 5.13. The van der Waals surface area contributed by atoms with Gasteiger partial charge in [-0.25, -0.2) is 0 Å². The van der Waals surface area contributed by atoms with Crippen molar-refractivity contribution < 1.29 is 4.79 Å². The molecule has 6 heteroatoms. The Balaban J connectivity index is 1.79. The molecular formula is C15H21BrN4O. The van der Waals surface area contributed by atoms with Crippen LogP contribution in [0.1, 0.15) is 32.6 Å². The van der Waals surface area contributed by atoms with Gasteiger partial charge in [0.15, 0.2) is 0 Å². The molecule has 0 aromatic heterocycles. The van der Waals surface area contributed by atoms with Gasteiger partial charge >= 0.3 is 0 Å². The number of hydrazine groups is 1. The van der Waals surface area contributed by atoms with Gasteiger partial charge < -0.3 is 5.32 Å². The molecule has 1 heterocycles. The van der Waals surface area contributed by atoms with E-state index in [1.165, 1.54) is 6.42 Å². The Morgan fingerprint density at radius 3 is 2.76 bits per heavy atom. The summed E-state index contributed by atoms with van der Waals surface area (Å²) in [7, 11) is 0. The van der Waals surface area contributed by atoms with Gasteiger partial charge in [0.1, 0.15) is 11.9 Å². The van der Waals surface area contributed by atoms with E-state index in [0.717, 1.165) is 41.8 Å². The Kier molecular flexibility index (Phi) is 6.04. The molecule has 1 aliphatic heterocycles. The first-order valence-corrected chi connectivity index (χ1v) is 8.06. The first-order valence-electron chi connectivity index (χ1n) is 7.26. The van der Waals surface area contributed by atoms with Gasteiger partial charge in [-0.05, 0) is 44.0 Å². The lowest BCUT2D eigenvalue weighted by atomic mass is 10.2. The lowest BCUT2D eigenvalue weighted by Gasteiger charge is -2.16. The number of carbonyl (C=O) groups excluding carboxylic acids is 1. The lowest BCUT2D eigenvalue weighted by molar-refractivity contribution is -0.122. The van der Waals surface area contributed by atoms with Gasteiger partial charge in [0.05, 0.1) is 0 Å². The van der Waals surface area contributed by atoms with Crippen molar-refractivity contribution in [3.63, 3.8) is 0 Å². The molecular weight excluding hydrogens is 332 g/mol. The third-order valence-electron chi connectivity index (χ3n) is 3.33. The molecule has 0 spiro atoms. The van der Waals surface area contributed by atoms with Crippen LogP contribution in [0.15, 0.2) is 33.7 Å². The highest BCUT2D eigenvalue weighted by Crippen LogP contribution is 2.14. The van der Waals surface area contributed by atoms with Crippen LogP contribution >= 0.6 is 15.9 Å². The molecule has 114 valence electrons. The number of rotatable bonds is 3. The van der Waals surface area contributed by atoms with Crippen LogP contribution < -0.4 is 16.2 Å². The molecule has 0 bridgehead atoms. The van der Waals surface area contributed by atoms with Gasteiger partial charge in [0, 0.05) is 23.1 Å². The molecule has 1 atom stereocenters. The summed E-state index contributed by atoms with van der Waals surface area (Å²) in [4.78, 5) is 16.5. The molecule has 0 saturated carbocycles. The van der Waals surface area contributed by atoms with Crippen molar-refractivity contribution in [3.05, 3.63) is 28.7 Å². The minimum atomic E-state index is -0.329. The van der Waals surface area contributed by atoms with Crippen molar-refractivity contribution in [2.45, 2.75) is 38.6 Å². The summed E-state index contributed by atoms with van der Waals surface area (Å²) >= 11 is 3.39. The van der Waals surface area contributed by atoms with Crippen molar-refractivity contribution in [1.29, 1.82) is 0 Å². The zero-order valence-corrected chi connectivity index (χ0v) is 13.7. The highest BCUT2D eigenvalue weighted by molar-refractivity contribution is 9.10. The number of nitrogens with one attached hydrogen (secondary N) is 3. The van der Waals surface area contributed by atoms with Crippen LogP contribution in [-0.4, -0.2) is 24.3 Å². The third-order valence-corrected chi connectivity index (χ3v) is 3.85. The fourth-order valence-corrected chi connectivity index (χ4v) is 2.34. The topological polar surface area (TPSA) is 65.5 Å². The number of anilines is 1. The predicted molar refractivity (Wildman–Crippen MR) is 89.3 cm³/mol. The molecule has 0 aliphatic carbocycles. The van der Waals surface area contributed by atoms with Gasteiger partial charge in [-0.1, -0.05) is 22.4 Å². The second-order valence-corrected chi connectivity index (χ2v) is 6.04. The summed E-state index contributed by atoms with van der Waals surface area (Å²) in [5.41, 5.74) is 6.57. The third kappa shape index (κ3) is 5.38. The highest BCUT2D eigenvalue weighted by Gasteiger charge is 2.13. The molecule has 0 radical (unpaired) electrons. The summed E-state index contributed by atoms with van der Waals surface area (Å²) in [5.74, 6) is 0.765. The SMILES string of the molecule is C[C@@H](Nc1ccc(Br)cc1)C(=O)NNC1=NCCCCC1. The van der Waals surface area contributed by atoms with E-state index in [9.17, 15) is 4.79 Å². The fourth-order valence-electron chi connectivity index (χ4n) is 2.08. The van der Waals surface area contributed by atoms with E-state index in [2.05, 4.69) is 37.1 Å². The quantitative estimate of drug-likeness (QED) is 0.732. The summed E-state index contributed by atoms with van der Waals surface area (Å²) in [6.07, 6.45) is 4.34. The standard InChI is InChI=1S/C15H21BrN4O/c1-11(18-13-8-6-12(16)7-9-13)15(21)20-19-14-5-3-2-4-10-17-14/h6-9,11,18H,2-5,10H2,1H3,(H,17,19)(H,20,21)/t11-/m1/s1. The number of amides is 1. The number of aliphatic imine (C=N–C) groups is 1. The Bertz CT molecular complexity index is 501. The minimum absolute atomic E-state index is 0.107. The lowest BCUT2D eigenvalue weighted by Crippen LogP contribution is -2.47. The molecule has 1 aliphatic rings. The Morgan fingerprint density at radius 2 is 2.00 bits per heavy atom. The second kappa shape index (κ2) is 8.02. The molecule has 1 aromatic carbocycles. The number of hydrogen-bond acceptors (Lipinski definition) is 4. The van der Waals surface area contributed by atoms with Gasteiger partial charge in [0.2, 0.25) is 0 Å². The summed E-state index contributed by atoms with van der Waals surface area (Å²) < 4.78 is 1.01. The normalized spacial score (nSPS) is 16.4. The smallest absolute Gasteiger partial charge is 0.260 e. The summed E-state index contributed by atoms with van der Waals surface area (Å²) in [6, 6.07) is 7.40. The fraction of sp³-hybridized carbons (Fsp3) is 0.467. The maximum absolute atomic E-state index is 12.0. The summed E-state index contributed by atoms with van der Waals surface area (Å²) in [5, 5.41) is 3.16. The zero-order chi connectivity index (χ0) is 15.1. The monoisotopic (exact) mass is 352 g/mol. The molecule has 1 amide bonds. The van der Waals surface area contributed by atoms with Gasteiger partial charge in [-0.2, -0.15) is 0 Å². The van der Waals surface area contributed by atoms with E-state index in [-0.39, 0.29) is 11.9 Å². The van der Waals surface area contributed by atoms with Crippen molar-refractivity contribution in [1.82, 2.24) is 10.9 Å². The van der Waals surface area contributed by atoms with E-state index < -0.39 is 0 Å². The van der Waals surface area contributed by atoms with E-state index in [4.69, 9.17) is 0 Å². The number of carbonyl (C=O) groups is 1. The molecule has 2 rings (SSSR count). The van der Waals surface area contributed by atoms with Gasteiger partial charge in [-0.15, -0.1) is 0 Å². The molecule has 5 nitrogen and oxygen atoms in total. The Hall–Kier alpha value is -1.56. The maximum atomic E-state index is 12.0. The van der Waals surface area contributed by atoms with Crippen molar-refractivity contribution >= 4 is 33.4 Å². The summed E-state index contributed by atoms with van der Waals surface area (Å²) in [6.45, 7) is 2.67. The molecule has 3 N–H and O–H groups in total. The first-order chi connectivity index (χ1) is 10.1. The van der Waals surface area contributed by atoms with Crippen LogP contribution in [0.3, 0.4) is 0 Å². The number of halogens is 1. The molecule has 21 heavy (non-hydrogen) atoms. The van der Waals surface area contributed by atoms with Crippen LogP contribution in [0.4, 0.5) is 5.69 Å². The first kappa shape index (κ1) is 15.8. The Morgan fingerprint density at radius 1 is 1.24 bits per heavy atom. The number of nitrogens with zero attached hydrogens (tertiary/aromatic N) is 1. The van der Waals surface area contributed by atoms with Crippen LogP contribution in [0.5, 0.6) is 0 Å². The number of benzene rings is 1. The van der Waals surface area contributed by atoms with Crippen LogP contribution in [0.2, 0.25) is 0 Å². The van der Waals surface area contributed by atoms with E-state index in [0.29, 0.717) is 0 Å². The molecule has 1 aromatic rings. The van der Waals surface area contributed by atoms with Crippen LogP contribution in [0, 0.1) is 0 Å². The maximum Gasteiger partial charge on any atom is 0.260 e. The average molecular weight is 353 g/mol. The predicted octanol–water partition coefficient (Wildman–Crippen LogP) is 2.84. The Labute approximate surface area is 133 Å². The van der Waals surface area contributed by atoms with Gasteiger partial charge in [0.25, 0.3) is 5.91 Å². The van der Waals surface area contributed by atoms with Gasteiger partial charge in [-0.3, -0.25) is 20.6 Å². The number of hydrogen-bond donors (Lipinski definition) is 3. The largest absolute Gasteiger partial charge is 0.374 e. The molecule has 0 unspecified atom stereocenters. The van der Waals surface area contributed by atoms with E-state index in [1.807, 2.05) is 31.2 Å². The van der Waals surface area contributed by atoms with E-state index in [1.54, 1.807) is 0 Å². The average Bonchev–Trinajstić information content (AvgIpc) is 2.75. The van der Waals surface area contributed by atoms with Crippen molar-refractivity contribution in [2.24, 2.45) is 4.99 Å². The van der Waals surface area contributed by atoms with E-state index >= 15 is 0 Å². The zero-order valence-electron chi connectivity index (χ0n) is 12.2. The molecule has 0 saturated heterocycles.